The molecule has 1 aromatic heterocycles. The van der Waals surface area contributed by atoms with E-state index in [0.717, 1.165) is 23.3 Å². The Labute approximate surface area is 105 Å². The van der Waals surface area contributed by atoms with Crippen molar-refractivity contribution in [2.24, 2.45) is 0 Å². The molecule has 2 rings (SSSR count). The first kappa shape index (κ1) is 11.8. The normalized spacial score (nSPS) is 10.5. The third-order valence-electron chi connectivity index (χ3n) is 2.61. The molecule has 0 saturated carbocycles. The molecule has 1 heterocycles. The van der Waals surface area contributed by atoms with E-state index in [1.54, 1.807) is 7.11 Å². The minimum atomic E-state index is 0.318. The van der Waals surface area contributed by atoms with Gasteiger partial charge in [-0.1, -0.05) is 18.5 Å². The number of aromatic amines is 1. The maximum Gasteiger partial charge on any atom is 0.199 e. The number of nitrogen functional groups attached to an aromatic ring is 1. The van der Waals surface area contributed by atoms with Crippen LogP contribution in [-0.4, -0.2) is 17.1 Å². The number of nitrogens with zero attached hydrogens (tertiary/aromatic N) is 1. The fraction of sp³-hybridized carbons (Fsp3) is 0.250. The number of hydrogen-bond acceptors (Lipinski definition) is 3. The van der Waals surface area contributed by atoms with Gasteiger partial charge >= 0.3 is 0 Å². The maximum absolute atomic E-state index is 6.02. The van der Waals surface area contributed by atoms with Crippen molar-refractivity contribution >= 4 is 17.5 Å². The molecule has 17 heavy (non-hydrogen) atoms. The minimum absolute atomic E-state index is 0.318. The molecule has 0 unspecified atom stereocenters. The van der Waals surface area contributed by atoms with Gasteiger partial charge in [0.2, 0.25) is 0 Å². The van der Waals surface area contributed by atoms with Crippen LogP contribution in [0.5, 0.6) is 5.75 Å². The first-order valence-electron chi connectivity index (χ1n) is 5.34. The first-order chi connectivity index (χ1) is 8.15. The highest BCUT2D eigenvalue weighted by molar-refractivity contribution is 6.32. The molecule has 0 amide bonds. The lowest BCUT2D eigenvalue weighted by molar-refractivity contribution is 0.410. The van der Waals surface area contributed by atoms with Crippen molar-refractivity contribution < 1.29 is 4.74 Å². The van der Waals surface area contributed by atoms with Crippen molar-refractivity contribution in [2.45, 2.75) is 13.3 Å². The number of nitrogens with one attached hydrogen (secondary N) is 1. The summed E-state index contributed by atoms with van der Waals surface area (Å²) in [6.07, 6.45) is 0.883. The molecule has 4 nitrogen and oxygen atoms in total. The van der Waals surface area contributed by atoms with Crippen LogP contribution in [-0.2, 0) is 6.42 Å². The highest BCUT2D eigenvalue weighted by Gasteiger charge is 2.11. The zero-order valence-electron chi connectivity index (χ0n) is 9.75. The molecule has 0 aliphatic heterocycles. The zero-order valence-corrected chi connectivity index (χ0v) is 10.5. The third kappa shape index (κ3) is 2.22. The van der Waals surface area contributed by atoms with Crippen LogP contribution in [0.15, 0.2) is 18.2 Å². The molecule has 0 radical (unpaired) electrons. The van der Waals surface area contributed by atoms with E-state index in [2.05, 4.69) is 16.9 Å². The monoisotopic (exact) mass is 251 g/mol. The van der Waals surface area contributed by atoms with Gasteiger partial charge in [0.05, 0.1) is 7.11 Å². The van der Waals surface area contributed by atoms with E-state index >= 15 is 0 Å². The summed E-state index contributed by atoms with van der Waals surface area (Å²) in [5, 5.41) is 0.453. The first-order valence-corrected chi connectivity index (χ1v) is 5.71. The topological polar surface area (TPSA) is 63.9 Å². The average molecular weight is 252 g/mol. The van der Waals surface area contributed by atoms with E-state index in [0.29, 0.717) is 16.8 Å². The van der Waals surface area contributed by atoms with Gasteiger partial charge in [0, 0.05) is 5.56 Å². The largest absolute Gasteiger partial charge is 0.496 e. The van der Waals surface area contributed by atoms with Gasteiger partial charge in [0.15, 0.2) is 5.95 Å². The minimum Gasteiger partial charge on any atom is -0.496 e. The van der Waals surface area contributed by atoms with Crippen molar-refractivity contribution in [1.82, 2.24) is 9.97 Å². The zero-order chi connectivity index (χ0) is 12.4. The summed E-state index contributed by atoms with van der Waals surface area (Å²) in [5.41, 5.74) is 8.28. The fourth-order valence-electron chi connectivity index (χ4n) is 1.76. The number of anilines is 1. The molecule has 0 atom stereocenters. The molecule has 0 aliphatic rings. The number of rotatable bonds is 3. The summed E-state index contributed by atoms with van der Waals surface area (Å²) in [6.45, 7) is 2.07. The van der Waals surface area contributed by atoms with Gasteiger partial charge in [-0.2, -0.15) is 0 Å². The fourth-order valence-corrected chi connectivity index (χ4v) is 2.01. The molecule has 5 heteroatoms. The number of nitrogens with two attached hydrogens (primary N) is 1. The van der Waals surface area contributed by atoms with Gasteiger partial charge in [-0.15, -0.1) is 0 Å². The van der Waals surface area contributed by atoms with Gasteiger partial charge in [0.25, 0.3) is 0 Å². The van der Waals surface area contributed by atoms with Crippen LogP contribution < -0.4 is 10.5 Å². The van der Waals surface area contributed by atoms with Gasteiger partial charge in [-0.25, -0.2) is 4.98 Å². The van der Waals surface area contributed by atoms with Gasteiger partial charge in [-0.05, 0) is 30.2 Å². The van der Waals surface area contributed by atoms with Gasteiger partial charge < -0.3 is 15.5 Å². The van der Waals surface area contributed by atoms with E-state index in [1.165, 1.54) is 0 Å². The molecule has 1 aromatic carbocycles. The van der Waals surface area contributed by atoms with Gasteiger partial charge in [0.1, 0.15) is 16.6 Å². The van der Waals surface area contributed by atoms with Crippen LogP contribution in [0.25, 0.3) is 11.3 Å². The molecule has 0 saturated heterocycles. The Morgan fingerprint density at radius 3 is 2.76 bits per heavy atom. The molecule has 0 aliphatic carbocycles. The molecule has 3 N–H and O–H groups in total. The molecule has 90 valence electrons. The Morgan fingerprint density at radius 1 is 1.47 bits per heavy atom. The van der Waals surface area contributed by atoms with Crippen molar-refractivity contribution in [1.29, 1.82) is 0 Å². The molecule has 0 spiro atoms. The highest BCUT2D eigenvalue weighted by atomic mass is 35.5. The second-order valence-corrected chi connectivity index (χ2v) is 4.04. The number of H-pyrrole nitrogens is 1. The molecule has 0 fully saturated rings. The maximum atomic E-state index is 6.02. The van der Waals surface area contributed by atoms with Crippen molar-refractivity contribution in [2.75, 3.05) is 12.8 Å². The SMILES string of the molecule is CCc1cc(-c2nc(N)[nH]c2Cl)ccc1OC. The van der Waals surface area contributed by atoms with Crippen LogP contribution in [0.2, 0.25) is 5.15 Å². The lowest BCUT2D eigenvalue weighted by Crippen LogP contribution is -1.91. The Hall–Kier alpha value is -1.68. The quantitative estimate of drug-likeness (QED) is 0.882. The number of ether oxygens (including phenoxy) is 1. The lowest BCUT2D eigenvalue weighted by Gasteiger charge is -2.08. The number of hydrogen-bond donors (Lipinski definition) is 2. The number of aromatic nitrogens is 2. The lowest BCUT2D eigenvalue weighted by atomic mass is 10.1. The number of aryl methyl sites for hydroxylation is 1. The number of halogens is 1. The summed E-state index contributed by atoms with van der Waals surface area (Å²) in [5.74, 6) is 1.19. The van der Waals surface area contributed by atoms with Crippen molar-refractivity contribution in [3.63, 3.8) is 0 Å². The van der Waals surface area contributed by atoms with Crippen LogP contribution in [0.1, 0.15) is 12.5 Å². The van der Waals surface area contributed by atoms with E-state index in [-0.39, 0.29) is 0 Å². The standard InChI is InChI=1S/C12H14ClN3O/c1-3-7-6-8(4-5-9(7)17-2)10-11(13)16-12(14)15-10/h4-6H,3H2,1-2H3,(H3,14,15,16). The van der Waals surface area contributed by atoms with Gasteiger partial charge in [-0.3, -0.25) is 0 Å². The predicted octanol–water partition coefficient (Wildman–Crippen LogP) is 2.88. The summed E-state index contributed by atoms with van der Waals surface area (Å²) in [6, 6.07) is 5.84. The van der Waals surface area contributed by atoms with Crippen LogP contribution in [0, 0.1) is 0 Å². The molecule has 2 aromatic rings. The Balaban J connectivity index is 2.50. The van der Waals surface area contributed by atoms with Crippen molar-refractivity contribution in [3.8, 4) is 17.0 Å². The Bertz CT molecular complexity index is 537. The summed E-state index contributed by atoms with van der Waals surface area (Å²) in [4.78, 5) is 6.93. The summed E-state index contributed by atoms with van der Waals surface area (Å²) in [7, 11) is 1.66. The Kier molecular flexibility index (Phi) is 3.24. The average Bonchev–Trinajstić information content (AvgIpc) is 2.67. The number of imidazole rings is 1. The number of benzene rings is 1. The summed E-state index contributed by atoms with van der Waals surface area (Å²) >= 11 is 6.02. The third-order valence-corrected chi connectivity index (χ3v) is 2.89. The van der Waals surface area contributed by atoms with E-state index in [4.69, 9.17) is 22.1 Å². The smallest absolute Gasteiger partial charge is 0.199 e. The van der Waals surface area contributed by atoms with Crippen LogP contribution in [0.4, 0.5) is 5.95 Å². The second kappa shape index (κ2) is 4.67. The summed E-state index contributed by atoms with van der Waals surface area (Å²) < 4.78 is 5.28. The second-order valence-electron chi connectivity index (χ2n) is 3.66. The molecular formula is C12H14ClN3O. The molecular weight excluding hydrogens is 238 g/mol. The number of methoxy groups -OCH3 is 1. The predicted molar refractivity (Wildman–Crippen MR) is 69.4 cm³/mol. The van der Waals surface area contributed by atoms with E-state index in [1.807, 2.05) is 18.2 Å². The van der Waals surface area contributed by atoms with Crippen LogP contribution >= 0.6 is 11.6 Å². The van der Waals surface area contributed by atoms with E-state index in [9.17, 15) is 0 Å². The van der Waals surface area contributed by atoms with E-state index < -0.39 is 0 Å². The Morgan fingerprint density at radius 2 is 2.24 bits per heavy atom. The van der Waals surface area contributed by atoms with Crippen LogP contribution in [0.3, 0.4) is 0 Å². The molecule has 0 bridgehead atoms. The van der Waals surface area contributed by atoms with Crippen molar-refractivity contribution in [3.05, 3.63) is 28.9 Å². The highest BCUT2D eigenvalue weighted by Crippen LogP contribution is 2.30.